The highest BCUT2D eigenvalue weighted by atomic mass is 16.1. The lowest BCUT2D eigenvalue weighted by molar-refractivity contribution is -0.117. The van der Waals surface area contributed by atoms with Crippen molar-refractivity contribution in [1.82, 2.24) is 0 Å². The first kappa shape index (κ1) is 15.4. The Labute approximate surface area is 115 Å². The van der Waals surface area contributed by atoms with Crippen LogP contribution in [0, 0.1) is 11.3 Å². The zero-order valence-electron chi connectivity index (χ0n) is 12.2. The van der Waals surface area contributed by atoms with Gasteiger partial charge in [-0.15, -0.1) is 0 Å². The van der Waals surface area contributed by atoms with Crippen LogP contribution in [0.25, 0.3) is 0 Å². The molecular weight excluding hydrogens is 238 g/mol. The van der Waals surface area contributed by atoms with E-state index in [0.29, 0.717) is 23.6 Å². The first-order valence-electron chi connectivity index (χ1n) is 6.65. The number of nitrogens with one attached hydrogen (secondary N) is 1. The lowest BCUT2D eigenvalue weighted by Crippen LogP contribution is -2.18. The molecule has 3 heteroatoms. The number of carbonyl (C=O) groups is 2. The van der Waals surface area contributed by atoms with Crippen LogP contribution in [-0.2, 0) is 4.79 Å². The summed E-state index contributed by atoms with van der Waals surface area (Å²) >= 11 is 0. The van der Waals surface area contributed by atoms with Crippen molar-refractivity contribution in [2.75, 3.05) is 5.32 Å². The number of aldehydes is 1. The molecule has 1 aromatic rings. The maximum absolute atomic E-state index is 11.9. The van der Waals surface area contributed by atoms with E-state index in [1.807, 2.05) is 0 Å². The van der Waals surface area contributed by atoms with Gasteiger partial charge in [0.15, 0.2) is 0 Å². The van der Waals surface area contributed by atoms with E-state index in [9.17, 15) is 9.59 Å². The van der Waals surface area contributed by atoms with Crippen molar-refractivity contribution in [3.05, 3.63) is 29.8 Å². The topological polar surface area (TPSA) is 46.2 Å². The summed E-state index contributed by atoms with van der Waals surface area (Å²) in [7, 11) is 0. The van der Waals surface area contributed by atoms with E-state index in [1.54, 1.807) is 24.3 Å². The Morgan fingerprint density at radius 2 is 2.05 bits per heavy atom. The minimum absolute atomic E-state index is 0.000186. The number of amides is 1. The van der Waals surface area contributed by atoms with Crippen LogP contribution < -0.4 is 5.32 Å². The van der Waals surface area contributed by atoms with E-state index < -0.39 is 0 Å². The smallest absolute Gasteiger partial charge is 0.224 e. The van der Waals surface area contributed by atoms with Crippen LogP contribution in [0.1, 0.15) is 50.9 Å². The van der Waals surface area contributed by atoms with Gasteiger partial charge < -0.3 is 5.32 Å². The number of rotatable bonds is 5. The summed E-state index contributed by atoms with van der Waals surface area (Å²) < 4.78 is 0. The largest absolute Gasteiger partial charge is 0.326 e. The number of hydrogen-bond acceptors (Lipinski definition) is 2. The van der Waals surface area contributed by atoms with Crippen LogP contribution in [-0.4, -0.2) is 12.2 Å². The maximum atomic E-state index is 11.9. The number of benzene rings is 1. The molecule has 0 heterocycles. The SMILES string of the molecule is CC(CC(=O)Nc1cccc(C=O)c1)CC(C)(C)C. The Balaban J connectivity index is 2.53. The molecule has 1 amide bonds. The minimum Gasteiger partial charge on any atom is -0.326 e. The van der Waals surface area contributed by atoms with Crippen LogP contribution in [0.5, 0.6) is 0 Å². The second-order valence-electron chi connectivity index (χ2n) is 6.37. The van der Waals surface area contributed by atoms with Crippen LogP contribution in [0.4, 0.5) is 5.69 Å². The monoisotopic (exact) mass is 261 g/mol. The number of carbonyl (C=O) groups excluding carboxylic acids is 2. The highest BCUT2D eigenvalue weighted by Gasteiger charge is 2.17. The van der Waals surface area contributed by atoms with E-state index in [0.717, 1.165) is 12.7 Å². The molecule has 0 saturated carbocycles. The van der Waals surface area contributed by atoms with Gasteiger partial charge in [0.2, 0.25) is 5.91 Å². The summed E-state index contributed by atoms with van der Waals surface area (Å²) in [6, 6.07) is 6.95. The number of hydrogen-bond donors (Lipinski definition) is 1. The van der Waals surface area contributed by atoms with Crippen molar-refractivity contribution in [2.24, 2.45) is 11.3 Å². The van der Waals surface area contributed by atoms with Crippen LogP contribution >= 0.6 is 0 Å². The molecule has 1 atom stereocenters. The standard InChI is InChI=1S/C16H23NO2/c1-12(10-16(2,3)4)8-15(19)17-14-7-5-6-13(9-14)11-18/h5-7,9,11-12H,8,10H2,1-4H3,(H,17,19). The molecule has 0 bridgehead atoms. The van der Waals surface area contributed by atoms with Crippen molar-refractivity contribution in [3.63, 3.8) is 0 Å². The van der Waals surface area contributed by atoms with E-state index in [2.05, 4.69) is 33.0 Å². The molecule has 1 aromatic carbocycles. The fraction of sp³-hybridized carbons (Fsp3) is 0.500. The van der Waals surface area contributed by atoms with E-state index in [4.69, 9.17) is 0 Å². The minimum atomic E-state index is -0.000186. The fourth-order valence-electron chi connectivity index (χ4n) is 2.34. The third kappa shape index (κ3) is 6.18. The average molecular weight is 261 g/mol. The molecule has 0 spiro atoms. The normalized spacial score (nSPS) is 12.8. The van der Waals surface area contributed by atoms with Crippen molar-refractivity contribution < 1.29 is 9.59 Å². The predicted molar refractivity (Wildman–Crippen MR) is 78.3 cm³/mol. The summed E-state index contributed by atoms with van der Waals surface area (Å²) in [5.74, 6) is 0.342. The molecule has 0 radical (unpaired) electrons. The zero-order valence-corrected chi connectivity index (χ0v) is 12.2. The highest BCUT2D eigenvalue weighted by Crippen LogP contribution is 2.26. The molecule has 0 aliphatic carbocycles. The van der Waals surface area contributed by atoms with Gasteiger partial charge in [-0.05, 0) is 29.9 Å². The fourth-order valence-corrected chi connectivity index (χ4v) is 2.34. The zero-order chi connectivity index (χ0) is 14.5. The quantitative estimate of drug-likeness (QED) is 0.817. The third-order valence-electron chi connectivity index (χ3n) is 2.80. The van der Waals surface area contributed by atoms with Crippen LogP contribution in [0.15, 0.2) is 24.3 Å². The van der Waals surface area contributed by atoms with Gasteiger partial charge in [0.05, 0.1) is 0 Å². The van der Waals surface area contributed by atoms with Gasteiger partial charge >= 0.3 is 0 Å². The van der Waals surface area contributed by atoms with E-state index in [1.165, 1.54) is 0 Å². The lowest BCUT2D eigenvalue weighted by atomic mass is 9.84. The molecule has 1 rings (SSSR count). The van der Waals surface area contributed by atoms with Gasteiger partial charge in [-0.25, -0.2) is 0 Å². The van der Waals surface area contributed by atoms with Gasteiger partial charge in [-0.2, -0.15) is 0 Å². The average Bonchev–Trinajstić information content (AvgIpc) is 2.26. The Morgan fingerprint density at radius 1 is 1.37 bits per heavy atom. The molecular formula is C16H23NO2. The molecule has 0 aliphatic rings. The molecule has 0 saturated heterocycles. The molecule has 0 fully saturated rings. The predicted octanol–water partition coefficient (Wildman–Crippen LogP) is 3.90. The summed E-state index contributed by atoms with van der Waals surface area (Å²) in [5, 5.41) is 2.84. The molecule has 19 heavy (non-hydrogen) atoms. The second kappa shape index (κ2) is 6.50. The Hall–Kier alpha value is -1.64. The van der Waals surface area contributed by atoms with Gasteiger partial charge in [0, 0.05) is 17.7 Å². The number of anilines is 1. The summed E-state index contributed by atoms with van der Waals surface area (Å²) in [6.45, 7) is 8.62. The molecule has 3 nitrogen and oxygen atoms in total. The van der Waals surface area contributed by atoms with Crippen molar-refractivity contribution in [1.29, 1.82) is 0 Å². The molecule has 0 aliphatic heterocycles. The summed E-state index contributed by atoms with van der Waals surface area (Å²) in [4.78, 5) is 22.6. The van der Waals surface area contributed by atoms with Crippen LogP contribution in [0.2, 0.25) is 0 Å². The summed E-state index contributed by atoms with van der Waals surface area (Å²) in [6.07, 6.45) is 2.29. The Morgan fingerprint density at radius 3 is 2.63 bits per heavy atom. The Bertz CT molecular complexity index is 446. The highest BCUT2D eigenvalue weighted by molar-refractivity contribution is 5.91. The maximum Gasteiger partial charge on any atom is 0.224 e. The summed E-state index contributed by atoms with van der Waals surface area (Å²) in [5.41, 5.74) is 1.48. The van der Waals surface area contributed by atoms with Crippen LogP contribution in [0.3, 0.4) is 0 Å². The van der Waals surface area contributed by atoms with Gasteiger partial charge in [0.1, 0.15) is 6.29 Å². The first-order chi connectivity index (χ1) is 8.80. The third-order valence-corrected chi connectivity index (χ3v) is 2.80. The van der Waals surface area contributed by atoms with Gasteiger partial charge in [-0.3, -0.25) is 9.59 Å². The van der Waals surface area contributed by atoms with E-state index in [-0.39, 0.29) is 11.3 Å². The van der Waals surface area contributed by atoms with Gasteiger partial charge in [-0.1, -0.05) is 39.8 Å². The van der Waals surface area contributed by atoms with Crippen molar-refractivity contribution in [3.8, 4) is 0 Å². The lowest BCUT2D eigenvalue weighted by Gasteiger charge is -2.22. The van der Waals surface area contributed by atoms with Gasteiger partial charge in [0.25, 0.3) is 0 Å². The molecule has 1 unspecified atom stereocenters. The molecule has 1 N–H and O–H groups in total. The Kier molecular flexibility index (Phi) is 5.28. The molecule has 0 aromatic heterocycles. The van der Waals surface area contributed by atoms with E-state index >= 15 is 0 Å². The first-order valence-corrected chi connectivity index (χ1v) is 6.65. The van der Waals surface area contributed by atoms with Crippen molar-refractivity contribution >= 4 is 17.9 Å². The van der Waals surface area contributed by atoms with Crippen molar-refractivity contribution in [2.45, 2.75) is 40.5 Å². The second-order valence-corrected chi connectivity index (χ2v) is 6.37. The molecule has 104 valence electrons.